The summed E-state index contributed by atoms with van der Waals surface area (Å²) in [7, 11) is 1.64. The smallest absolute Gasteiger partial charge is 0.164 e. The zero-order valence-corrected chi connectivity index (χ0v) is 12.3. The number of methoxy groups -OCH3 is 1. The Morgan fingerprint density at radius 3 is 2.47 bits per heavy atom. The lowest BCUT2D eigenvalue weighted by atomic mass is 10.1. The lowest BCUT2D eigenvalue weighted by Crippen LogP contribution is -2.19. The maximum atomic E-state index is 5.86. The van der Waals surface area contributed by atoms with E-state index in [1.165, 1.54) is 0 Å². The highest BCUT2D eigenvalue weighted by Crippen LogP contribution is 2.31. The molecule has 0 aliphatic heterocycles. The summed E-state index contributed by atoms with van der Waals surface area (Å²) in [5.41, 5.74) is 6.93. The molecule has 0 radical (unpaired) electrons. The van der Waals surface area contributed by atoms with E-state index in [4.69, 9.17) is 19.9 Å². The van der Waals surface area contributed by atoms with Crippen molar-refractivity contribution in [1.29, 1.82) is 0 Å². The molecule has 0 aliphatic carbocycles. The predicted molar refractivity (Wildman–Crippen MR) is 76.9 cm³/mol. The Morgan fingerprint density at radius 1 is 1.16 bits per heavy atom. The molecule has 0 bridgehead atoms. The fourth-order valence-corrected chi connectivity index (χ4v) is 1.82. The summed E-state index contributed by atoms with van der Waals surface area (Å²) < 4.78 is 16.6. The number of ether oxygens (including phenoxy) is 3. The van der Waals surface area contributed by atoms with Crippen LogP contribution in [-0.4, -0.2) is 32.5 Å². The minimum absolute atomic E-state index is 0.0846. The van der Waals surface area contributed by atoms with Gasteiger partial charge in [0, 0.05) is 6.04 Å². The van der Waals surface area contributed by atoms with E-state index in [9.17, 15) is 0 Å². The van der Waals surface area contributed by atoms with Crippen molar-refractivity contribution in [3.8, 4) is 11.5 Å². The van der Waals surface area contributed by atoms with Crippen molar-refractivity contribution in [1.82, 2.24) is 0 Å². The van der Waals surface area contributed by atoms with Gasteiger partial charge in [0.15, 0.2) is 11.5 Å². The van der Waals surface area contributed by atoms with Crippen LogP contribution in [0.15, 0.2) is 18.2 Å². The Balaban J connectivity index is 2.71. The van der Waals surface area contributed by atoms with E-state index in [-0.39, 0.29) is 12.1 Å². The lowest BCUT2D eigenvalue weighted by Gasteiger charge is -2.16. The number of hydrogen-bond donors (Lipinski definition) is 1. The molecular formula is C15H25NO3. The van der Waals surface area contributed by atoms with E-state index in [0.717, 1.165) is 23.5 Å². The molecule has 0 saturated carbocycles. The van der Waals surface area contributed by atoms with Gasteiger partial charge in [0.25, 0.3) is 0 Å². The second kappa shape index (κ2) is 8.02. The van der Waals surface area contributed by atoms with Crippen molar-refractivity contribution < 1.29 is 14.2 Å². The summed E-state index contributed by atoms with van der Waals surface area (Å²) in [4.78, 5) is 0. The van der Waals surface area contributed by atoms with Crippen molar-refractivity contribution in [3.05, 3.63) is 23.8 Å². The molecule has 0 spiro atoms. The quantitative estimate of drug-likeness (QED) is 0.735. The molecule has 1 aromatic carbocycles. The van der Waals surface area contributed by atoms with Gasteiger partial charge in [0.05, 0.1) is 19.8 Å². The molecule has 2 N–H and O–H groups in total. The SMILES string of the molecule is COc1cccc(CC(C)N)c1OCCOC(C)C. The third-order valence-corrected chi connectivity index (χ3v) is 2.60. The predicted octanol–water partition coefficient (Wildman–Crippen LogP) is 2.39. The van der Waals surface area contributed by atoms with Gasteiger partial charge in [0.2, 0.25) is 0 Å². The van der Waals surface area contributed by atoms with Gasteiger partial charge in [-0.25, -0.2) is 0 Å². The van der Waals surface area contributed by atoms with Crippen molar-refractivity contribution in [3.63, 3.8) is 0 Å². The molecule has 1 unspecified atom stereocenters. The van der Waals surface area contributed by atoms with Crippen LogP contribution in [0.4, 0.5) is 0 Å². The first-order valence-corrected chi connectivity index (χ1v) is 6.70. The molecule has 0 fully saturated rings. The van der Waals surface area contributed by atoms with E-state index >= 15 is 0 Å². The average Bonchev–Trinajstić information content (AvgIpc) is 2.34. The molecule has 19 heavy (non-hydrogen) atoms. The van der Waals surface area contributed by atoms with Gasteiger partial charge in [-0.05, 0) is 38.8 Å². The molecular weight excluding hydrogens is 242 g/mol. The van der Waals surface area contributed by atoms with Crippen molar-refractivity contribution in [2.45, 2.75) is 39.3 Å². The first kappa shape index (κ1) is 15.8. The van der Waals surface area contributed by atoms with Crippen LogP contribution in [0.3, 0.4) is 0 Å². The van der Waals surface area contributed by atoms with Crippen LogP contribution in [-0.2, 0) is 11.2 Å². The van der Waals surface area contributed by atoms with Gasteiger partial charge in [-0.2, -0.15) is 0 Å². The summed E-state index contributed by atoms with van der Waals surface area (Å²) in [6, 6.07) is 5.95. The molecule has 1 atom stereocenters. The van der Waals surface area contributed by atoms with Crippen molar-refractivity contribution in [2.75, 3.05) is 20.3 Å². The largest absolute Gasteiger partial charge is 0.493 e. The van der Waals surface area contributed by atoms with E-state index in [0.29, 0.717) is 13.2 Å². The molecule has 1 aromatic rings. The average molecular weight is 267 g/mol. The number of rotatable bonds is 8. The Morgan fingerprint density at radius 2 is 1.89 bits per heavy atom. The normalized spacial score (nSPS) is 12.5. The summed E-state index contributed by atoms with van der Waals surface area (Å²) in [5.74, 6) is 1.51. The Kier molecular flexibility index (Phi) is 6.67. The molecule has 108 valence electrons. The van der Waals surface area contributed by atoms with Gasteiger partial charge in [0.1, 0.15) is 6.61 Å². The number of para-hydroxylation sites is 1. The van der Waals surface area contributed by atoms with Gasteiger partial charge in [-0.1, -0.05) is 12.1 Å². The van der Waals surface area contributed by atoms with Crippen LogP contribution in [0.25, 0.3) is 0 Å². The van der Waals surface area contributed by atoms with E-state index < -0.39 is 0 Å². The summed E-state index contributed by atoms with van der Waals surface area (Å²) >= 11 is 0. The third-order valence-electron chi connectivity index (χ3n) is 2.60. The van der Waals surface area contributed by atoms with E-state index in [1.807, 2.05) is 39.0 Å². The highest BCUT2D eigenvalue weighted by molar-refractivity contribution is 5.47. The summed E-state index contributed by atoms with van der Waals surface area (Å²) in [6.07, 6.45) is 0.974. The number of hydrogen-bond acceptors (Lipinski definition) is 4. The maximum Gasteiger partial charge on any atom is 0.164 e. The van der Waals surface area contributed by atoms with Crippen LogP contribution in [0.5, 0.6) is 11.5 Å². The van der Waals surface area contributed by atoms with Gasteiger partial charge in [-0.15, -0.1) is 0 Å². The first-order valence-electron chi connectivity index (χ1n) is 6.70. The lowest BCUT2D eigenvalue weighted by molar-refractivity contribution is 0.0544. The Bertz CT molecular complexity index is 378. The van der Waals surface area contributed by atoms with Gasteiger partial charge in [-0.3, -0.25) is 0 Å². The molecule has 4 nitrogen and oxygen atoms in total. The molecule has 0 amide bonds. The fourth-order valence-electron chi connectivity index (χ4n) is 1.82. The Hall–Kier alpha value is -1.26. The number of benzene rings is 1. The van der Waals surface area contributed by atoms with Crippen molar-refractivity contribution in [2.24, 2.45) is 5.73 Å². The molecule has 0 aromatic heterocycles. The van der Waals surface area contributed by atoms with Gasteiger partial charge < -0.3 is 19.9 Å². The fraction of sp³-hybridized carbons (Fsp3) is 0.600. The number of nitrogens with two attached hydrogens (primary N) is 1. The zero-order valence-electron chi connectivity index (χ0n) is 12.3. The zero-order chi connectivity index (χ0) is 14.3. The standard InChI is InChI=1S/C15H25NO3/c1-11(2)18-8-9-19-15-13(10-12(3)16)6-5-7-14(15)17-4/h5-7,11-12H,8-10,16H2,1-4H3. The van der Waals surface area contributed by atoms with Crippen molar-refractivity contribution >= 4 is 0 Å². The molecule has 0 saturated heterocycles. The molecule has 0 heterocycles. The van der Waals surface area contributed by atoms with Crippen LogP contribution < -0.4 is 15.2 Å². The van der Waals surface area contributed by atoms with E-state index in [2.05, 4.69) is 0 Å². The van der Waals surface area contributed by atoms with Crippen LogP contribution in [0.1, 0.15) is 26.3 Å². The Labute approximate surface area is 115 Å². The molecule has 4 heteroatoms. The monoisotopic (exact) mass is 267 g/mol. The summed E-state index contributed by atoms with van der Waals surface area (Å²) in [5, 5.41) is 0. The molecule has 0 aliphatic rings. The third kappa shape index (κ3) is 5.49. The van der Waals surface area contributed by atoms with Gasteiger partial charge >= 0.3 is 0 Å². The van der Waals surface area contributed by atoms with Crippen LogP contribution in [0, 0.1) is 0 Å². The van der Waals surface area contributed by atoms with E-state index in [1.54, 1.807) is 7.11 Å². The highest BCUT2D eigenvalue weighted by atomic mass is 16.5. The first-order chi connectivity index (χ1) is 9.04. The maximum absolute atomic E-state index is 5.86. The van der Waals surface area contributed by atoms with Crippen LogP contribution >= 0.6 is 0 Å². The molecule has 1 rings (SSSR count). The highest BCUT2D eigenvalue weighted by Gasteiger charge is 2.12. The second-order valence-corrected chi connectivity index (χ2v) is 4.90. The minimum Gasteiger partial charge on any atom is -0.493 e. The summed E-state index contributed by atoms with van der Waals surface area (Å²) in [6.45, 7) is 7.05. The van der Waals surface area contributed by atoms with Crippen LogP contribution in [0.2, 0.25) is 0 Å². The topological polar surface area (TPSA) is 53.7 Å². The second-order valence-electron chi connectivity index (χ2n) is 4.90. The minimum atomic E-state index is 0.0846.